The molecule has 0 saturated heterocycles. The Kier molecular flexibility index (Phi) is 2.88. The monoisotopic (exact) mass is 276 g/mol. The summed E-state index contributed by atoms with van der Waals surface area (Å²) in [5, 5.41) is 0. The van der Waals surface area contributed by atoms with Crippen LogP contribution in [0.2, 0.25) is 0 Å². The number of hydrogen-bond acceptors (Lipinski definition) is 2. The molecule has 1 atom stereocenters. The van der Waals surface area contributed by atoms with E-state index in [-0.39, 0.29) is 24.3 Å². The summed E-state index contributed by atoms with van der Waals surface area (Å²) in [5.41, 5.74) is 1.45. The second-order valence-corrected chi connectivity index (χ2v) is 4.64. The molecule has 0 aliphatic rings. The lowest BCUT2D eigenvalue weighted by Gasteiger charge is -2.22. The summed E-state index contributed by atoms with van der Waals surface area (Å²) in [5.74, 6) is 0. The Morgan fingerprint density at radius 3 is 2.55 bits per heavy atom. The van der Waals surface area contributed by atoms with Crippen LogP contribution in [0, 0.1) is 6.92 Å². The van der Waals surface area contributed by atoms with Crippen LogP contribution in [0.25, 0.3) is 0 Å². The highest BCUT2D eigenvalue weighted by atomic mass is 16.5. The third kappa shape index (κ3) is 3.92. The van der Waals surface area contributed by atoms with E-state index in [9.17, 15) is 0 Å². The zero-order valence-corrected chi connectivity index (χ0v) is 11.9. The Morgan fingerprint density at radius 1 is 1.20 bits per heavy atom. The van der Waals surface area contributed by atoms with E-state index < -0.39 is 30.7 Å². The van der Waals surface area contributed by atoms with Crippen LogP contribution < -0.4 is 0 Å². The molecule has 0 aliphatic heterocycles. The number of hydrogen-bond donors (Lipinski definition) is 0. The molecule has 0 fully saturated rings. The van der Waals surface area contributed by atoms with Crippen LogP contribution in [0.15, 0.2) is 54.5 Å². The van der Waals surface area contributed by atoms with Crippen molar-refractivity contribution in [3.63, 3.8) is 0 Å². The molecule has 0 aliphatic carbocycles. The molecule has 0 bridgehead atoms. The molecule has 2 heteroatoms. The van der Waals surface area contributed by atoms with E-state index >= 15 is 0 Å². The van der Waals surface area contributed by atoms with Gasteiger partial charge in [0.1, 0.15) is 6.10 Å². The number of aryl methyl sites for hydroxylation is 1. The van der Waals surface area contributed by atoms with Gasteiger partial charge >= 0.3 is 0 Å². The maximum atomic E-state index is 8.25. The van der Waals surface area contributed by atoms with E-state index in [0.29, 0.717) is 5.56 Å². The van der Waals surface area contributed by atoms with Crippen molar-refractivity contribution in [2.45, 2.75) is 13.0 Å². The van der Waals surface area contributed by atoms with E-state index in [2.05, 4.69) is 0 Å². The van der Waals surface area contributed by atoms with Gasteiger partial charge in [-0.1, -0.05) is 54.5 Å². The van der Waals surface area contributed by atoms with Crippen LogP contribution in [0.5, 0.6) is 0 Å². The number of ether oxygens (including phenoxy) is 1. The largest absolute Gasteiger partial charge is 0.367 e. The summed E-state index contributed by atoms with van der Waals surface area (Å²) in [6.07, 6.45) is -0.991. The number of benzene rings is 2. The fourth-order valence-corrected chi connectivity index (χ4v) is 1.85. The van der Waals surface area contributed by atoms with E-state index in [1.807, 2.05) is 19.1 Å². The first-order valence-corrected chi connectivity index (χ1v) is 6.40. The molecule has 0 radical (unpaired) electrons. The lowest BCUT2D eigenvalue weighted by molar-refractivity contribution is 0.0683. The van der Waals surface area contributed by atoms with Crippen LogP contribution in [0.4, 0.5) is 0 Å². The fourth-order valence-electron chi connectivity index (χ4n) is 1.85. The van der Waals surface area contributed by atoms with Crippen molar-refractivity contribution >= 4 is 0 Å². The molecule has 0 aromatic heterocycles. The van der Waals surface area contributed by atoms with Gasteiger partial charge < -0.3 is 9.64 Å². The highest BCUT2D eigenvalue weighted by Crippen LogP contribution is 2.28. The Labute approximate surface area is 131 Å². The highest BCUT2D eigenvalue weighted by Gasteiger charge is 2.16. The molecule has 2 aromatic rings. The average Bonchev–Trinajstić information content (AvgIpc) is 2.61. The molecular weight excluding hydrogens is 246 g/mol. The first-order chi connectivity index (χ1) is 12.5. The number of rotatable bonds is 6. The second kappa shape index (κ2) is 7.22. The SMILES string of the molecule is [2H]c1c([2H])c([2H])c(C(OCC([2H])([2H])N(C)C)c2ccccc2C)c([2H])c1[2H]. The van der Waals surface area contributed by atoms with Crippen molar-refractivity contribution in [3.8, 4) is 0 Å². The summed E-state index contributed by atoms with van der Waals surface area (Å²) < 4.78 is 62.1. The maximum absolute atomic E-state index is 8.25. The normalized spacial score (nSPS) is 18.3. The molecule has 106 valence electrons. The van der Waals surface area contributed by atoms with E-state index in [1.165, 1.54) is 4.90 Å². The van der Waals surface area contributed by atoms with Crippen molar-refractivity contribution in [2.75, 3.05) is 27.2 Å². The van der Waals surface area contributed by atoms with Gasteiger partial charge in [0.2, 0.25) is 0 Å². The van der Waals surface area contributed by atoms with E-state index in [0.717, 1.165) is 5.56 Å². The molecule has 0 saturated carbocycles. The maximum Gasteiger partial charge on any atom is 0.108 e. The van der Waals surface area contributed by atoms with Gasteiger partial charge in [-0.15, -0.1) is 0 Å². The van der Waals surface area contributed by atoms with Crippen LogP contribution in [0.3, 0.4) is 0 Å². The molecule has 2 rings (SSSR count). The van der Waals surface area contributed by atoms with Crippen molar-refractivity contribution in [1.82, 2.24) is 4.90 Å². The van der Waals surface area contributed by atoms with Crippen molar-refractivity contribution in [2.24, 2.45) is 0 Å². The molecule has 0 N–H and O–H groups in total. The Balaban J connectivity index is 2.63. The molecular formula is C18H23NO. The minimum atomic E-state index is -1.78. The second-order valence-electron chi connectivity index (χ2n) is 4.64. The fraction of sp³-hybridized carbons (Fsp3) is 0.333. The van der Waals surface area contributed by atoms with E-state index in [4.69, 9.17) is 14.3 Å². The van der Waals surface area contributed by atoms with Crippen molar-refractivity contribution in [1.29, 1.82) is 0 Å². The molecule has 0 amide bonds. The van der Waals surface area contributed by atoms with Gasteiger partial charge in [0.15, 0.2) is 0 Å². The third-order valence-electron chi connectivity index (χ3n) is 2.88. The minimum Gasteiger partial charge on any atom is -0.367 e. The summed E-state index contributed by atoms with van der Waals surface area (Å²) in [7, 11) is 3.16. The number of nitrogens with zero attached hydrogens (tertiary/aromatic N) is 1. The highest BCUT2D eigenvalue weighted by molar-refractivity contribution is 5.35. The smallest absolute Gasteiger partial charge is 0.108 e. The number of likely N-dealkylation sites (N-methyl/N-ethyl adjacent to an activating group) is 1. The topological polar surface area (TPSA) is 12.5 Å². The standard InChI is InChI=1S/C18H23NO/c1-15-9-7-8-12-17(15)18(20-14-13-19(2)3)16-10-5-4-6-11-16/h4-12,18H,13-14H2,1-3H3/i4D,5D,6D,10D,11D,13D2. The lowest BCUT2D eigenvalue weighted by atomic mass is 9.97. The zero-order chi connectivity index (χ0) is 20.5. The van der Waals surface area contributed by atoms with Crippen LogP contribution >= 0.6 is 0 Å². The first kappa shape index (κ1) is 7.96. The van der Waals surface area contributed by atoms with Gasteiger partial charge in [-0.25, -0.2) is 0 Å². The zero-order valence-electron chi connectivity index (χ0n) is 18.9. The van der Waals surface area contributed by atoms with Gasteiger partial charge in [-0.2, -0.15) is 0 Å². The van der Waals surface area contributed by atoms with Crippen molar-refractivity contribution in [3.05, 3.63) is 71.2 Å². The van der Waals surface area contributed by atoms with Gasteiger partial charge in [0.05, 0.1) is 13.5 Å². The minimum absolute atomic E-state index is 0.00450. The summed E-state index contributed by atoms with van der Waals surface area (Å²) in [4.78, 5) is 1.36. The van der Waals surface area contributed by atoms with E-state index in [1.54, 1.807) is 26.2 Å². The van der Waals surface area contributed by atoms with Crippen LogP contribution in [-0.4, -0.2) is 32.1 Å². The van der Waals surface area contributed by atoms with Gasteiger partial charge in [0.25, 0.3) is 0 Å². The summed E-state index contributed by atoms with van der Waals surface area (Å²) >= 11 is 0. The quantitative estimate of drug-likeness (QED) is 0.798. The van der Waals surface area contributed by atoms with Crippen LogP contribution in [0.1, 0.15) is 32.4 Å². The predicted octanol–water partition coefficient (Wildman–Crippen LogP) is 3.66. The van der Waals surface area contributed by atoms with Gasteiger partial charge in [-0.05, 0) is 37.7 Å². The summed E-state index contributed by atoms with van der Waals surface area (Å²) in [6.45, 7) is -0.281. The Morgan fingerprint density at radius 2 is 1.90 bits per heavy atom. The molecule has 2 nitrogen and oxygen atoms in total. The Hall–Kier alpha value is -1.64. The Bertz CT molecular complexity index is 810. The lowest BCUT2D eigenvalue weighted by Crippen LogP contribution is -2.20. The van der Waals surface area contributed by atoms with Gasteiger partial charge in [0, 0.05) is 9.24 Å². The van der Waals surface area contributed by atoms with Crippen molar-refractivity contribution < 1.29 is 14.3 Å². The van der Waals surface area contributed by atoms with Crippen LogP contribution in [-0.2, 0) is 4.74 Å². The predicted molar refractivity (Wildman–Crippen MR) is 84.0 cm³/mol. The molecule has 1 unspecified atom stereocenters. The summed E-state index contributed by atoms with van der Waals surface area (Å²) in [6, 6.07) is 5.15. The third-order valence-corrected chi connectivity index (χ3v) is 2.88. The first-order valence-electron chi connectivity index (χ1n) is 9.90. The molecule has 0 spiro atoms. The molecule has 2 aromatic carbocycles. The average molecular weight is 276 g/mol. The molecule has 0 heterocycles. The van der Waals surface area contributed by atoms with Gasteiger partial charge in [-0.3, -0.25) is 0 Å². The molecule has 20 heavy (non-hydrogen) atoms.